The van der Waals surface area contributed by atoms with Gasteiger partial charge in [-0.15, -0.1) is 0 Å². The summed E-state index contributed by atoms with van der Waals surface area (Å²) in [6, 6.07) is 15.9. The summed E-state index contributed by atoms with van der Waals surface area (Å²) in [6.45, 7) is 0.639. The van der Waals surface area contributed by atoms with Gasteiger partial charge in [0, 0.05) is 18.7 Å². The molecule has 0 atom stereocenters. The molecule has 0 fully saturated rings. The van der Waals surface area contributed by atoms with Crippen LogP contribution in [-0.2, 0) is 13.0 Å². The molecule has 0 aliphatic carbocycles. The van der Waals surface area contributed by atoms with Gasteiger partial charge in [-0.1, -0.05) is 30.3 Å². The average molecular weight is 303 g/mol. The Morgan fingerprint density at radius 2 is 1.86 bits per heavy atom. The summed E-state index contributed by atoms with van der Waals surface area (Å²) in [4.78, 5) is 4.66. The van der Waals surface area contributed by atoms with Crippen molar-refractivity contribution < 1.29 is 17.5 Å². The molecule has 0 aliphatic rings. The monoisotopic (exact) mass is 302 g/mol. The van der Waals surface area contributed by atoms with E-state index in [0.717, 1.165) is 23.3 Å². The van der Waals surface area contributed by atoms with Crippen LogP contribution < -0.4 is 18.1 Å². The van der Waals surface area contributed by atoms with Crippen LogP contribution in [0.4, 0.5) is 5.69 Å². The van der Waals surface area contributed by atoms with E-state index in [-0.39, 0.29) is 19.0 Å². The van der Waals surface area contributed by atoms with Gasteiger partial charge in [-0.05, 0) is 23.8 Å². The second-order valence-corrected chi connectivity index (χ2v) is 4.81. The van der Waals surface area contributed by atoms with Crippen LogP contribution in [0, 0.1) is 0 Å². The van der Waals surface area contributed by atoms with Gasteiger partial charge in [-0.3, -0.25) is 0 Å². The normalized spacial score (nSPS) is 10.5. The van der Waals surface area contributed by atoms with E-state index in [0.29, 0.717) is 12.2 Å². The summed E-state index contributed by atoms with van der Waals surface area (Å²) in [7, 11) is 0. The van der Waals surface area contributed by atoms with E-state index in [2.05, 4.69) is 21.7 Å². The number of halogens is 1. The Kier molecular flexibility index (Phi) is 4.83. The summed E-state index contributed by atoms with van der Waals surface area (Å²) < 4.78 is 2.06. The van der Waals surface area contributed by atoms with Gasteiger partial charge in [-0.2, -0.15) is 0 Å². The number of nitrogens with two attached hydrogens (primary N) is 1. The molecule has 110 valence electrons. The number of benzene rings is 2. The Morgan fingerprint density at radius 1 is 1.10 bits per heavy atom. The molecule has 0 radical (unpaired) electrons. The maximum atomic E-state index is 9.27. The summed E-state index contributed by atoms with van der Waals surface area (Å²) in [6.07, 6.45) is 0.745. The van der Waals surface area contributed by atoms with Crippen molar-refractivity contribution in [2.45, 2.75) is 13.0 Å². The zero-order valence-electron chi connectivity index (χ0n) is 11.5. The first kappa shape index (κ1) is 15.4. The summed E-state index contributed by atoms with van der Waals surface area (Å²) in [5, 5.41) is 9.27. The van der Waals surface area contributed by atoms with E-state index in [1.807, 2.05) is 36.4 Å². The molecule has 3 N–H and O–H groups in total. The number of fused-ring (bicyclic) bond motifs is 1. The highest BCUT2D eigenvalue weighted by Gasteiger charge is 2.11. The number of aliphatic hydroxyl groups is 1. The minimum absolute atomic E-state index is 0. The number of hydrogen-bond donors (Lipinski definition) is 2. The Labute approximate surface area is 129 Å². The first-order chi connectivity index (χ1) is 9.78. The van der Waals surface area contributed by atoms with Gasteiger partial charge in [0.15, 0.2) is 0 Å². The van der Waals surface area contributed by atoms with Crippen molar-refractivity contribution in [1.82, 2.24) is 9.55 Å². The highest BCUT2D eigenvalue weighted by atomic mass is 35.5. The van der Waals surface area contributed by atoms with Gasteiger partial charge >= 0.3 is 0 Å². The number of rotatable bonds is 4. The first-order valence-corrected chi connectivity index (χ1v) is 6.67. The zero-order valence-corrected chi connectivity index (χ0v) is 12.3. The zero-order chi connectivity index (χ0) is 13.9. The van der Waals surface area contributed by atoms with Gasteiger partial charge in [-0.25, -0.2) is 4.98 Å². The Hall–Kier alpha value is -2.04. The lowest BCUT2D eigenvalue weighted by molar-refractivity contribution is -0.00000524. The Bertz CT molecular complexity index is 725. The van der Waals surface area contributed by atoms with Crippen LogP contribution >= 0.6 is 0 Å². The standard InChI is InChI=1S/C16H17N3O.ClH/c17-13-6-7-15-14(11-13)18-16(19(15)8-9-20)10-12-4-2-1-3-5-12;/h1-7,11,20H,8-10,17H2;1H/p-1. The van der Waals surface area contributed by atoms with E-state index in [4.69, 9.17) is 5.73 Å². The van der Waals surface area contributed by atoms with E-state index >= 15 is 0 Å². The molecule has 0 amide bonds. The molecule has 0 saturated carbocycles. The van der Waals surface area contributed by atoms with Crippen LogP contribution in [-0.4, -0.2) is 21.3 Å². The quantitative estimate of drug-likeness (QED) is 0.621. The number of imidazole rings is 1. The minimum Gasteiger partial charge on any atom is -1.00 e. The molecule has 3 aromatic rings. The van der Waals surface area contributed by atoms with Crippen molar-refractivity contribution >= 4 is 16.7 Å². The molecule has 1 aromatic heterocycles. The predicted molar refractivity (Wildman–Crippen MR) is 80.5 cm³/mol. The van der Waals surface area contributed by atoms with E-state index in [1.165, 1.54) is 5.56 Å². The lowest BCUT2D eigenvalue weighted by Crippen LogP contribution is -3.00. The third kappa shape index (κ3) is 3.17. The smallest absolute Gasteiger partial charge is 0.114 e. The fourth-order valence-electron chi connectivity index (χ4n) is 2.46. The lowest BCUT2D eigenvalue weighted by atomic mass is 10.1. The first-order valence-electron chi connectivity index (χ1n) is 6.67. The number of aromatic nitrogens is 2. The SMILES string of the molecule is Nc1ccc2c(c1)nc(Cc1ccccc1)n2CCO.[Cl-]. The van der Waals surface area contributed by atoms with E-state index in [9.17, 15) is 5.11 Å². The van der Waals surface area contributed by atoms with Gasteiger partial charge < -0.3 is 27.8 Å². The average Bonchev–Trinajstić information content (AvgIpc) is 2.77. The topological polar surface area (TPSA) is 64.1 Å². The molecule has 0 spiro atoms. The molecule has 5 heteroatoms. The molecule has 21 heavy (non-hydrogen) atoms. The van der Waals surface area contributed by atoms with Crippen molar-refractivity contribution in [3.8, 4) is 0 Å². The molecule has 0 bridgehead atoms. The van der Waals surface area contributed by atoms with Gasteiger partial charge in [0.2, 0.25) is 0 Å². The summed E-state index contributed by atoms with van der Waals surface area (Å²) >= 11 is 0. The van der Waals surface area contributed by atoms with E-state index < -0.39 is 0 Å². The van der Waals surface area contributed by atoms with Crippen molar-refractivity contribution in [2.75, 3.05) is 12.3 Å². The lowest BCUT2D eigenvalue weighted by Gasteiger charge is -2.07. The Balaban J connectivity index is 0.00000161. The van der Waals surface area contributed by atoms with Crippen molar-refractivity contribution in [3.63, 3.8) is 0 Å². The molecule has 3 rings (SSSR count). The molecular weight excluding hydrogens is 286 g/mol. The highest BCUT2D eigenvalue weighted by molar-refractivity contribution is 5.79. The molecule has 4 nitrogen and oxygen atoms in total. The highest BCUT2D eigenvalue weighted by Crippen LogP contribution is 2.20. The second kappa shape index (κ2) is 6.61. The van der Waals surface area contributed by atoms with Crippen molar-refractivity contribution in [3.05, 3.63) is 59.9 Å². The van der Waals surface area contributed by atoms with Crippen LogP contribution in [0.15, 0.2) is 48.5 Å². The fourth-order valence-corrected chi connectivity index (χ4v) is 2.46. The molecular formula is C16H17ClN3O-. The third-order valence-electron chi connectivity index (χ3n) is 3.38. The maximum absolute atomic E-state index is 9.27. The van der Waals surface area contributed by atoms with Crippen LogP contribution in [0.3, 0.4) is 0 Å². The van der Waals surface area contributed by atoms with Crippen LogP contribution in [0.2, 0.25) is 0 Å². The number of nitrogens with zero attached hydrogens (tertiary/aromatic N) is 2. The molecule has 2 aromatic carbocycles. The Morgan fingerprint density at radius 3 is 2.57 bits per heavy atom. The number of aliphatic hydroxyl groups excluding tert-OH is 1. The summed E-state index contributed by atoms with van der Waals surface area (Å²) in [5.41, 5.74) is 9.61. The second-order valence-electron chi connectivity index (χ2n) is 4.81. The third-order valence-corrected chi connectivity index (χ3v) is 3.38. The largest absolute Gasteiger partial charge is 1.00 e. The van der Waals surface area contributed by atoms with Crippen LogP contribution in [0.5, 0.6) is 0 Å². The maximum Gasteiger partial charge on any atom is 0.114 e. The number of nitrogen functional groups attached to an aromatic ring is 1. The van der Waals surface area contributed by atoms with Gasteiger partial charge in [0.05, 0.1) is 17.6 Å². The van der Waals surface area contributed by atoms with Crippen LogP contribution in [0.25, 0.3) is 11.0 Å². The number of hydrogen-bond acceptors (Lipinski definition) is 3. The van der Waals surface area contributed by atoms with Crippen molar-refractivity contribution in [2.24, 2.45) is 0 Å². The van der Waals surface area contributed by atoms with E-state index in [1.54, 1.807) is 0 Å². The summed E-state index contributed by atoms with van der Waals surface area (Å²) in [5.74, 6) is 0.950. The fraction of sp³-hybridized carbons (Fsp3) is 0.188. The predicted octanol–water partition coefficient (Wildman–Crippen LogP) is -0.794. The van der Waals surface area contributed by atoms with Crippen molar-refractivity contribution in [1.29, 1.82) is 0 Å². The van der Waals surface area contributed by atoms with Crippen LogP contribution in [0.1, 0.15) is 11.4 Å². The molecule has 1 heterocycles. The molecule has 0 saturated heterocycles. The molecule has 0 aliphatic heterocycles. The van der Waals surface area contributed by atoms with Gasteiger partial charge in [0.25, 0.3) is 0 Å². The van der Waals surface area contributed by atoms with Gasteiger partial charge in [0.1, 0.15) is 5.82 Å². The minimum atomic E-state index is 0. The number of anilines is 1. The molecule has 0 unspecified atom stereocenters.